The SMILES string of the molecule is Cc1cc(NC(=O)c2cccc3c2ccn3C(C)C)nn1C. The fourth-order valence-corrected chi connectivity index (χ4v) is 2.64. The van der Waals surface area contributed by atoms with E-state index in [1.807, 2.05) is 50.5 Å². The number of hydrogen-bond donors (Lipinski definition) is 1. The summed E-state index contributed by atoms with van der Waals surface area (Å²) in [5, 5.41) is 8.10. The molecule has 1 amide bonds. The van der Waals surface area contributed by atoms with E-state index in [9.17, 15) is 4.79 Å². The van der Waals surface area contributed by atoms with Gasteiger partial charge in [0.1, 0.15) is 0 Å². The van der Waals surface area contributed by atoms with E-state index in [2.05, 4.69) is 28.8 Å². The van der Waals surface area contributed by atoms with Gasteiger partial charge in [-0.25, -0.2) is 0 Å². The van der Waals surface area contributed by atoms with Gasteiger partial charge in [-0.1, -0.05) is 6.07 Å². The van der Waals surface area contributed by atoms with Crippen LogP contribution in [-0.4, -0.2) is 20.3 Å². The lowest BCUT2D eigenvalue weighted by Gasteiger charge is -2.10. The maximum absolute atomic E-state index is 12.6. The van der Waals surface area contributed by atoms with Crippen molar-refractivity contribution in [3.8, 4) is 0 Å². The number of anilines is 1. The van der Waals surface area contributed by atoms with Gasteiger partial charge < -0.3 is 9.88 Å². The van der Waals surface area contributed by atoms with Crippen LogP contribution in [-0.2, 0) is 7.05 Å². The average molecular weight is 296 g/mol. The molecule has 22 heavy (non-hydrogen) atoms. The Morgan fingerprint density at radius 3 is 2.68 bits per heavy atom. The van der Waals surface area contributed by atoms with Crippen LogP contribution in [0.15, 0.2) is 36.5 Å². The summed E-state index contributed by atoms with van der Waals surface area (Å²) in [5.41, 5.74) is 2.74. The van der Waals surface area contributed by atoms with E-state index >= 15 is 0 Å². The van der Waals surface area contributed by atoms with E-state index < -0.39 is 0 Å². The summed E-state index contributed by atoms with van der Waals surface area (Å²) in [6.45, 7) is 6.21. The summed E-state index contributed by atoms with van der Waals surface area (Å²) in [4.78, 5) is 12.6. The van der Waals surface area contributed by atoms with Crippen LogP contribution >= 0.6 is 0 Å². The van der Waals surface area contributed by atoms with E-state index in [1.165, 1.54) is 0 Å². The van der Waals surface area contributed by atoms with Crippen LogP contribution < -0.4 is 5.32 Å². The third-order valence-electron chi connectivity index (χ3n) is 3.92. The highest BCUT2D eigenvalue weighted by atomic mass is 16.1. The van der Waals surface area contributed by atoms with Crippen molar-refractivity contribution in [3.63, 3.8) is 0 Å². The van der Waals surface area contributed by atoms with Gasteiger partial charge in [0.25, 0.3) is 5.91 Å². The molecule has 0 radical (unpaired) electrons. The standard InChI is InChI=1S/C17H20N4O/c1-11(2)21-9-8-13-14(6-5-7-15(13)21)17(22)18-16-10-12(3)20(4)19-16/h5-11H,1-4H3,(H,18,19,22). The van der Waals surface area contributed by atoms with Gasteiger partial charge in [0.2, 0.25) is 0 Å². The van der Waals surface area contributed by atoms with Crippen LogP contribution in [0.25, 0.3) is 10.9 Å². The van der Waals surface area contributed by atoms with Crippen LogP contribution in [0.4, 0.5) is 5.82 Å². The molecule has 2 heterocycles. The predicted molar refractivity (Wildman–Crippen MR) is 88.2 cm³/mol. The minimum Gasteiger partial charge on any atom is -0.345 e. The summed E-state index contributed by atoms with van der Waals surface area (Å²) >= 11 is 0. The minimum absolute atomic E-state index is 0.134. The van der Waals surface area contributed by atoms with Crippen molar-refractivity contribution in [2.24, 2.45) is 7.05 Å². The largest absolute Gasteiger partial charge is 0.345 e. The molecule has 0 aliphatic heterocycles. The Kier molecular flexibility index (Phi) is 3.48. The number of aryl methyl sites for hydroxylation is 2. The molecule has 114 valence electrons. The molecule has 0 atom stereocenters. The maximum atomic E-state index is 12.6. The van der Waals surface area contributed by atoms with Crippen LogP contribution in [0, 0.1) is 6.92 Å². The first-order valence-electron chi connectivity index (χ1n) is 7.39. The van der Waals surface area contributed by atoms with Crippen molar-refractivity contribution in [2.75, 3.05) is 5.32 Å². The molecule has 0 fully saturated rings. The fraction of sp³-hybridized carbons (Fsp3) is 0.294. The van der Waals surface area contributed by atoms with Crippen molar-refractivity contribution in [1.29, 1.82) is 0 Å². The molecule has 3 rings (SSSR count). The first-order chi connectivity index (χ1) is 10.5. The Bertz CT molecular complexity index is 822. The lowest BCUT2D eigenvalue weighted by molar-refractivity contribution is 0.102. The molecule has 0 bridgehead atoms. The molecule has 5 nitrogen and oxygen atoms in total. The minimum atomic E-state index is -0.134. The van der Waals surface area contributed by atoms with Gasteiger partial charge in [-0.15, -0.1) is 0 Å². The summed E-state index contributed by atoms with van der Waals surface area (Å²) in [6.07, 6.45) is 2.02. The number of benzene rings is 1. The molecule has 0 unspecified atom stereocenters. The third-order valence-corrected chi connectivity index (χ3v) is 3.92. The number of nitrogens with zero attached hydrogens (tertiary/aromatic N) is 3. The Morgan fingerprint density at radius 2 is 2.05 bits per heavy atom. The van der Waals surface area contributed by atoms with Crippen LogP contribution in [0.1, 0.15) is 35.9 Å². The average Bonchev–Trinajstić information content (AvgIpc) is 3.02. The van der Waals surface area contributed by atoms with Gasteiger partial charge in [0.15, 0.2) is 5.82 Å². The number of carbonyl (C=O) groups excluding carboxylic acids is 1. The first-order valence-corrected chi connectivity index (χ1v) is 7.39. The second-order valence-electron chi connectivity index (χ2n) is 5.80. The molecule has 0 aliphatic carbocycles. The zero-order valence-electron chi connectivity index (χ0n) is 13.3. The molecular formula is C17H20N4O. The highest BCUT2D eigenvalue weighted by molar-refractivity contribution is 6.12. The van der Waals surface area contributed by atoms with Gasteiger partial charge in [0, 0.05) is 47.5 Å². The molecule has 5 heteroatoms. The van der Waals surface area contributed by atoms with Gasteiger partial charge in [0.05, 0.1) is 0 Å². The molecule has 2 aromatic heterocycles. The number of nitrogens with one attached hydrogen (secondary N) is 1. The van der Waals surface area contributed by atoms with Gasteiger partial charge in [-0.05, 0) is 39.0 Å². The molecule has 0 saturated carbocycles. The smallest absolute Gasteiger partial charge is 0.257 e. The van der Waals surface area contributed by atoms with E-state index in [1.54, 1.807) is 4.68 Å². The lowest BCUT2D eigenvalue weighted by atomic mass is 10.1. The second kappa shape index (κ2) is 5.33. The summed E-state index contributed by atoms with van der Waals surface area (Å²) in [5.74, 6) is 0.440. The van der Waals surface area contributed by atoms with Crippen LogP contribution in [0.2, 0.25) is 0 Å². The van der Waals surface area contributed by atoms with E-state index in [0.29, 0.717) is 17.4 Å². The van der Waals surface area contributed by atoms with Gasteiger partial charge in [-0.2, -0.15) is 5.10 Å². The summed E-state index contributed by atoms with van der Waals surface area (Å²) in [6, 6.07) is 10.0. The number of rotatable bonds is 3. The number of aromatic nitrogens is 3. The number of amides is 1. The Balaban J connectivity index is 1.97. The molecular weight excluding hydrogens is 276 g/mol. The second-order valence-corrected chi connectivity index (χ2v) is 5.80. The fourth-order valence-electron chi connectivity index (χ4n) is 2.64. The van der Waals surface area contributed by atoms with Crippen LogP contribution in [0.3, 0.4) is 0 Å². The van der Waals surface area contributed by atoms with Crippen molar-refractivity contribution < 1.29 is 4.79 Å². The van der Waals surface area contributed by atoms with Crippen molar-refractivity contribution in [1.82, 2.24) is 14.3 Å². The summed E-state index contributed by atoms with van der Waals surface area (Å²) in [7, 11) is 1.86. The van der Waals surface area contributed by atoms with E-state index in [4.69, 9.17) is 0 Å². The van der Waals surface area contributed by atoms with Crippen molar-refractivity contribution >= 4 is 22.6 Å². The lowest BCUT2D eigenvalue weighted by Crippen LogP contribution is -2.13. The monoisotopic (exact) mass is 296 g/mol. The Labute approximate surface area is 129 Å². The molecule has 1 N–H and O–H groups in total. The zero-order valence-corrected chi connectivity index (χ0v) is 13.3. The maximum Gasteiger partial charge on any atom is 0.257 e. The molecule has 3 aromatic rings. The highest BCUT2D eigenvalue weighted by Gasteiger charge is 2.14. The zero-order chi connectivity index (χ0) is 15.9. The van der Waals surface area contributed by atoms with Crippen molar-refractivity contribution in [2.45, 2.75) is 26.8 Å². The third kappa shape index (κ3) is 2.39. The molecule has 0 spiro atoms. The quantitative estimate of drug-likeness (QED) is 0.804. The van der Waals surface area contributed by atoms with Crippen LogP contribution in [0.5, 0.6) is 0 Å². The normalized spacial score (nSPS) is 11.3. The number of carbonyl (C=O) groups is 1. The van der Waals surface area contributed by atoms with E-state index in [0.717, 1.165) is 16.6 Å². The number of hydrogen-bond acceptors (Lipinski definition) is 2. The van der Waals surface area contributed by atoms with Crippen molar-refractivity contribution in [3.05, 3.63) is 47.8 Å². The summed E-state index contributed by atoms with van der Waals surface area (Å²) < 4.78 is 3.91. The van der Waals surface area contributed by atoms with E-state index in [-0.39, 0.29) is 5.91 Å². The highest BCUT2D eigenvalue weighted by Crippen LogP contribution is 2.24. The molecule has 0 aliphatic rings. The predicted octanol–water partition coefficient (Wildman–Crippen LogP) is 3.52. The number of fused-ring (bicyclic) bond motifs is 1. The first kappa shape index (κ1) is 14.4. The Hall–Kier alpha value is -2.56. The Morgan fingerprint density at radius 1 is 1.27 bits per heavy atom. The molecule has 0 saturated heterocycles. The van der Waals surface area contributed by atoms with Gasteiger partial charge in [-0.3, -0.25) is 9.48 Å². The topological polar surface area (TPSA) is 51.9 Å². The van der Waals surface area contributed by atoms with Gasteiger partial charge >= 0.3 is 0 Å². The molecule has 1 aromatic carbocycles.